The number of anilines is 1. The molecule has 0 bridgehead atoms. The van der Waals surface area contributed by atoms with Crippen LogP contribution in [0.4, 0.5) is 5.69 Å². The molecule has 1 aromatic heterocycles. The number of para-hydroxylation sites is 1. The van der Waals surface area contributed by atoms with E-state index >= 15 is 0 Å². The van der Waals surface area contributed by atoms with Crippen LogP contribution < -0.4 is 5.32 Å². The van der Waals surface area contributed by atoms with Gasteiger partial charge in [0.2, 0.25) is 0 Å². The van der Waals surface area contributed by atoms with E-state index < -0.39 is 0 Å². The Hall–Kier alpha value is -2.25. The van der Waals surface area contributed by atoms with E-state index in [0.717, 1.165) is 26.1 Å². The first kappa shape index (κ1) is 18.5. The smallest absolute Gasteiger partial charge is 0.306 e. The third-order valence-electron chi connectivity index (χ3n) is 3.58. The monoisotopic (exact) mass is 432 g/mol. The molecule has 0 aliphatic carbocycles. The van der Waals surface area contributed by atoms with Crippen LogP contribution in [-0.4, -0.2) is 23.5 Å². The average molecular weight is 433 g/mol. The van der Waals surface area contributed by atoms with Crippen LogP contribution in [0.3, 0.4) is 0 Å². The second-order valence-corrected chi connectivity index (χ2v) is 7.68. The van der Waals surface area contributed by atoms with Gasteiger partial charge in [-0.1, -0.05) is 34.1 Å². The Bertz CT molecular complexity index is 893. The maximum Gasteiger partial charge on any atom is 0.306 e. The Morgan fingerprint density at radius 2 is 2.00 bits per heavy atom. The van der Waals surface area contributed by atoms with E-state index in [1.54, 1.807) is 23.5 Å². The van der Waals surface area contributed by atoms with E-state index in [2.05, 4.69) is 26.2 Å². The lowest BCUT2D eigenvalue weighted by molar-refractivity contribution is -0.147. The summed E-state index contributed by atoms with van der Waals surface area (Å²) < 4.78 is 7.03. The zero-order valence-electron chi connectivity index (χ0n) is 13.9. The quantitative estimate of drug-likeness (QED) is 0.555. The molecule has 0 unspecified atom stereocenters. The van der Waals surface area contributed by atoms with Gasteiger partial charge in [-0.3, -0.25) is 9.59 Å². The molecule has 0 fully saturated rings. The molecule has 26 heavy (non-hydrogen) atoms. The molecule has 1 heterocycles. The number of hydrogen-bond donors (Lipinski definition) is 1. The highest BCUT2D eigenvalue weighted by molar-refractivity contribution is 9.10. The predicted octanol–water partition coefficient (Wildman–Crippen LogP) is 4.56. The molecule has 0 saturated heterocycles. The molecule has 1 N–H and O–H groups in total. The zero-order chi connectivity index (χ0) is 18.4. The maximum absolute atomic E-state index is 11.8. The largest absolute Gasteiger partial charge is 0.456 e. The third-order valence-corrected chi connectivity index (χ3v) is 5.17. The summed E-state index contributed by atoms with van der Waals surface area (Å²) in [5.74, 6) is -0.738. The van der Waals surface area contributed by atoms with Gasteiger partial charge in [0, 0.05) is 16.6 Å². The third kappa shape index (κ3) is 5.37. The Balaban J connectivity index is 1.38. The van der Waals surface area contributed by atoms with Crippen molar-refractivity contribution in [2.75, 3.05) is 11.9 Å². The van der Waals surface area contributed by atoms with Crippen molar-refractivity contribution in [2.24, 2.45) is 0 Å². The summed E-state index contributed by atoms with van der Waals surface area (Å²) >= 11 is 4.97. The van der Waals surface area contributed by atoms with Crippen LogP contribution in [0.5, 0.6) is 0 Å². The number of amides is 1. The molecular weight excluding hydrogens is 416 g/mol. The SMILES string of the molecule is O=C(COC(=O)CCCc1nc2ccccc2s1)Nc1cccc(Br)c1. The van der Waals surface area contributed by atoms with E-state index in [-0.39, 0.29) is 24.9 Å². The lowest BCUT2D eigenvalue weighted by Crippen LogP contribution is -2.20. The number of aromatic nitrogens is 1. The molecule has 134 valence electrons. The summed E-state index contributed by atoms with van der Waals surface area (Å²) in [5.41, 5.74) is 1.63. The number of thiazole rings is 1. The fourth-order valence-corrected chi connectivity index (χ4v) is 3.80. The van der Waals surface area contributed by atoms with Crippen LogP contribution in [0.2, 0.25) is 0 Å². The van der Waals surface area contributed by atoms with Crippen molar-refractivity contribution in [3.05, 3.63) is 58.0 Å². The number of carbonyl (C=O) groups is 2. The summed E-state index contributed by atoms with van der Waals surface area (Å²) in [6.07, 6.45) is 1.63. The van der Waals surface area contributed by atoms with E-state index in [9.17, 15) is 9.59 Å². The lowest BCUT2D eigenvalue weighted by atomic mass is 10.2. The van der Waals surface area contributed by atoms with Crippen molar-refractivity contribution in [2.45, 2.75) is 19.3 Å². The fraction of sp³-hybridized carbons (Fsp3) is 0.211. The van der Waals surface area contributed by atoms with Crippen molar-refractivity contribution in [3.8, 4) is 0 Å². The minimum atomic E-state index is -0.379. The van der Waals surface area contributed by atoms with Crippen molar-refractivity contribution < 1.29 is 14.3 Å². The average Bonchev–Trinajstić information content (AvgIpc) is 3.03. The van der Waals surface area contributed by atoms with Gasteiger partial charge >= 0.3 is 5.97 Å². The first-order valence-corrected chi connectivity index (χ1v) is 9.76. The van der Waals surface area contributed by atoms with Crippen LogP contribution in [0.25, 0.3) is 10.2 Å². The zero-order valence-corrected chi connectivity index (χ0v) is 16.3. The normalized spacial score (nSPS) is 10.7. The van der Waals surface area contributed by atoms with E-state index in [4.69, 9.17) is 4.74 Å². The second-order valence-electron chi connectivity index (χ2n) is 5.65. The maximum atomic E-state index is 11.8. The molecule has 3 aromatic rings. The van der Waals surface area contributed by atoms with Crippen molar-refractivity contribution >= 4 is 55.0 Å². The first-order chi connectivity index (χ1) is 12.6. The van der Waals surface area contributed by atoms with Gasteiger partial charge in [0.25, 0.3) is 5.91 Å². The van der Waals surface area contributed by atoms with Gasteiger partial charge in [0.15, 0.2) is 6.61 Å². The number of nitrogens with zero attached hydrogens (tertiary/aromatic N) is 1. The number of rotatable bonds is 7. The van der Waals surface area contributed by atoms with E-state index in [1.165, 1.54) is 0 Å². The summed E-state index contributed by atoms with van der Waals surface area (Å²) in [6, 6.07) is 15.2. The summed E-state index contributed by atoms with van der Waals surface area (Å²) in [5, 5.41) is 3.69. The van der Waals surface area contributed by atoms with Gasteiger partial charge in [0.05, 0.1) is 15.2 Å². The molecule has 0 radical (unpaired) electrons. The number of aryl methyl sites for hydroxylation is 1. The number of carbonyl (C=O) groups excluding carboxylic acids is 2. The van der Waals surface area contributed by atoms with Crippen molar-refractivity contribution in [3.63, 3.8) is 0 Å². The highest BCUT2D eigenvalue weighted by Gasteiger charge is 2.09. The Morgan fingerprint density at radius 3 is 2.81 bits per heavy atom. The molecule has 0 saturated carbocycles. The summed E-state index contributed by atoms with van der Waals surface area (Å²) in [7, 11) is 0. The molecule has 0 aliphatic heterocycles. The molecule has 7 heteroatoms. The number of halogens is 1. The minimum absolute atomic E-state index is 0.264. The van der Waals surface area contributed by atoms with E-state index in [1.807, 2.05) is 36.4 Å². The summed E-state index contributed by atoms with van der Waals surface area (Å²) in [4.78, 5) is 28.1. The molecule has 0 atom stereocenters. The predicted molar refractivity (Wildman–Crippen MR) is 106 cm³/mol. The Labute approximate surface area is 163 Å². The second kappa shape index (κ2) is 8.91. The molecule has 3 rings (SSSR count). The van der Waals surface area contributed by atoms with Gasteiger partial charge in [0.1, 0.15) is 0 Å². The van der Waals surface area contributed by atoms with Gasteiger partial charge in [-0.2, -0.15) is 0 Å². The van der Waals surface area contributed by atoms with Crippen LogP contribution in [-0.2, 0) is 20.7 Å². The van der Waals surface area contributed by atoms with E-state index in [0.29, 0.717) is 12.1 Å². The van der Waals surface area contributed by atoms with Gasteiger partial charge < -0.3 is 10.1 Å². The van der Waals surface area contributed by atoms with Crippen molar-refractivity contribution in [1.82, 2.24) is 4.98 Å². The number of fused-ring (bicyclic) bond motifs is 1. The number of esters is 1. The standard InChI is InChI=1S/C19H17BrN2O3S/c20-13-5-3-6-14(11-13)21-17(23)12-25-19(24)10-4-9-18-22-15-7-1-2-8-16(15)26-18/h1-3,5-8,11H,4,9-10,12H2,(H,21,23). The van der Waals surface area contributed by atoms with Crippen molar-refractivity contribution in [1.29, 1.82) is 0 Å². The fourth-order valence-electron chi connectivity index (χ4n) is 2.39. The van der Waals surface area contributed by atoms with Crippen LogP contribution in [0.1, 0.15) is 17.8 Å². The van der Waals surface area contributed by atoms with Gasteiger partial charge in [-0.15, -0.1) is 11.3 Å². The number of ether oxygens (including phenoxy) is 1. The van der Waals surface area contributed by atoms with Crippen LogP contribution in [0, 0.1) is 0 Å². The molecule has 5 nitrogen and oxygen atoms in total. The molecule has 0 spiro atoms. The first-order valence-electron chi connectivity index (χ1n) is 8.15. The Kier molecular flexibility index (Phi) is 6.35. The lowest BCUT2D eigenvalue weighted by Gasteiger charge is -2.06. The number of nitrogens with one attached hydrogen (secondary N) is 1. The number of hydrogen-bond acceptors (Lipinski definition) is 5. The minimum Gasteiger partial charge on any atom is -0.456 e. The molecule has 2 aromatic carbocycles. The molecule has 1 amide bonds. The van der Waals surface area contributed by atoms with Gasteiger partial charge in [-0.05, 0) is 43.2 Å². The highest BCUT2D eigenvalue weighted by atomic mass is 79.9. The molecule has 0 aliphatic rings. The topological polar surface area (TPSA) is 68.3 Å². The van der Waals surface area contributed by atoms with Crippen LogP contribution >= 0.6 is 27.3 Å². The number of benzene rings is 2. The van der Waals surface area contributed by atoms with Gasteiger partial charge in [-0.25, -0.2) is 4.98 Å². The molecular formula is C19H17BrN2O3S. The Morgan fingerprint density at radius 1 is 1.15 bits per heavy atom. The highest BCUT2D eigenvalue weighted by Crippen LogP contribution is 2.22. The van der Waals surface area contributed by atoms with Crippen LogP contribution in [0.15, 0.2) is 53.0 Å². The summed E-state index contributed by atoms with van der Waals surface area (Å²) in [6.45, 7) is -0.285.